The first-order valence-corrected chi connectivity index (χ1v) is 6.29. The number of methoxy groups -OCH3 is 1. The third-order valence-electron chi connectivity index (χ3n) is 2.83. The van der Waals surface area contributed by atoms with E-state index in [4.69, 9.17) is 14.2 Å². The number of hydrogen-bond acceptors (Lipinski definition) is 5. The van der Waals surface area contributed by atoms with Crippen LogP contribution in [0.15, 0.2) is 0 Å². The molecule has 0 aromatic heterocycles. The zero-order valence-corrected chi connectivity index (χ0v) is 12.5. The van der Waals surface area contributed by atoms with Crippen LogP contribution in [-0.4, -0.2) is 58.1 Å². The topological polar surface area (TPSA) is 48.0 Å². The highest BCUT2D eigenvalue weighted by molar-refractivity contribution is 5.75. The molecule has 0 bridgehead atoms. The molecule has 1 unspecified atom stereocenters. The van der Waals surface area contributed by atoms with Gasteiger partial charge in [-0.1, -0.05) is 6.92 Å². The predicted molar refractivity (Wildman–Crippen MR) is 70.3 cm³/mol. The number of esters is 1. The van der Waals surface area contributed by atoms with E-state index in [9.17, 15) is 4.79 Å². The number of likely N-dealkylation sites (N-methyl/N-ethyl adjacent to an activating group) is 1. The Morgan fingerprint density at radius 3 is 2.33 bits per heavy atom. The zero-order chi connectivity index (χ0) is 14.2. The maximum atomic E-state index is 11.7. The molecule has 0 saturated heterocycles. The lowest BCUT2D eigenvalue weighted by atomic mass is 9.91. The minimum Gasteiger partial charge on any atom is -0.463 e. The largest absolute Gasteiger partial charge is 0.463 e. The summed E-state index contributed by atoms with van der Waals surface area (Å²) in [7, 11) is 5.48. The minimum absolute atomic E-state index is 0.185. The summed E-state index contributed by atoms with van der Waals surface area (Å²) in [5.74, 6) is -0.185. The van der Waals surface area contributed by atoms with Gasteiger partial charge < -0.3 is 19.1 Å². The summed E-state index contributed by atoms with van der Waals surface area (Å²) in [4.78, 5) is 13.6. The molecule has 0 rings (SSSR count). The van der Waals surface area contributed by atoms with Crippen molar-refractivity contribution in [1.82, 2.24) is 4.90 Å². The molecule has 5 nitrogen and oxygen atoms in total. The predicted octanol–water partition coefficient (Wildman–Crippen LogP) is 1.52. The van der Waals surface area contributed by atoms with E-state index in [0.29, 0.717) is 13.2 Å². The van der Waals surface area contributed by atoms with Gasteiger partial charge in [0.25, 0.3) is 0 Å². The first-order chi connectivity index (χ1) is 8.33. The Morgan fingerprint density at radius 2 is 1.89 bits per heavy atom. The second-order valence-corrected chi connectivity index (χ2v) is 5.17. The lowest BCUT2D eigenvalue weighted by molar-refractivity contribution is -0.164. The van der Waals surface area contributed by atoms with Crippen molar-refractivity contribution in [1.29, 1.82) is 0 Å². The summed E-state index contributed by atoms with van der Waals surface area (Å²) >= 11 is 0. The Morgan fingerprint density at radius 1 is 1.28 bits per heavy atom. The molecule has 0 radical (unpaired) electrons. The van der Waals surface area contributed by atoms with E-state index in [-0.39, 0.29) is 18.9 Å². The van der Waals surface area contributed by atoms with Crippen molar-refractivity contribution in [3.8, 4) is 0 Å². The van der Waals surface area contributed by atoms with Gasteiger partial charge in [-0.15, -0.1) is 0 Å². The Kier molecular flexibility index (Phi) is 8.15. The third-order valence-corrected chi connectivity index (χ3v) is 2.83. The molecule has 1 atom stereocenters. The summed E-state index contributed by atoms with van der Waals surface area (Å²) in [6.07, 6.45) is 0.464. The van der Waals surface area contributed by atoms with Crippen LogP contribution < -0.4 is 0 Å². The number of rotatable bonds is 9. The lowest BCUT2D eigenvalue weighted by Gasteiger charge is -2.22. The number of carbonyl (C=O) groups excluding carboxylic acids is 1. The number of nitrogens with zero attached hydrogens (tertiary/aromatic N) is 1. The second-order valence-electron chi connectivity index (χ2n) is 5.17. The highest BCUT2D eigenvalue weighted by Gasteiger charge is 2.26. The Bertz CT molecular complexity index is 241. The van der Waals surface area contributed by atoms with Crippen molar-refractivity contribution in [3.05, 3.63) is 0 Å². The Balaban J connectivity index is 3.82. The normalized spacial score (nSPS) is 13.7. The molecule has 0 aromatic carbocycles. The smallest absolute Gasteiger partial charge is 0.311 e. The van der Waals surface area contributed by atoms with E-state index < -0.39 is 5.41 Å². The molecule has 0 saturated carbocycles. The van der Waals surface area contributed by atoms with Crippen molar-refractivity contribution in [2.24, 2.45) is 5.41 Å². The minimum atomic E-state index is -0.426. The number of hydrogen-bond donors (Lipinski definition) is 0. The molecule has 0 amide bonds. The molecule has 0 aliphatic carbocycles. The van der Waals surface area contributed by atoms with Gasteiger partial charge in [0, 0.05) is 13.7 Å². The van der Waals surface area contributed by atoms with Gasteiger partial charge in [-0.2, -0.15) is 0 Å². The first kappa shape index (κ1) is 17.4. The molecule has 0 aliphatic heterocycles. The zero-order valence-electron chi connectivity index (χ0n) is 12.5. The van der Waals surface area contributed by atoms with Gasteiger partial charge in [-0.3, -0.25) is 4.79 Å². The summed E-state index contributed by atoms with van der Waals surface area (Å²) in [5.41, 5.74) is -0.426. The van der Waals surface area contributed by atoms with Crippen LogP contribution in [0.25, 0.3) is 0 Å². The highest BCUT2D eigenvalue weighted by Crippen LogP contribution is 2.21. The molecule has 0 N–H and O–H groups in total. The second kappa shape index (κ2) is 8.45. The molecule has 18 heavy (non-hydrogen) atoms. The van der Waals surface area contributed by atoms with E-state index in [1.807, 2.05) is 39.8 Å². The van der Waals surface area contributed by atoms with E-state index >= 15 is 0 Å². The van der Waals surface area contributed by atoms with Crippen LogP contribution in [0.1, 0.15) is 27.2 Å². The molecule has 108 valence electrons. The van der Waals surface area contributed by atoms with Crippen LogP contribution >= 0.6 is 0 Å². The summed E-state index contributed by atoms with van der Waals surface area (Å²) < 4.78 is 15.8. The molecule has 0 fully saturated rings. The van der Waals surface area contributed by atoms with Crippen molar-refractivity contribution < 1.29 is 19.0 Å². The molecular weight excluding hydrogens is 234 g/mol. The van der Waals surface area contributed by atoms with E-state index in [2.05, 4.69) is 0 Å². The maximum Gasteiger partial charge on any atom is 0.311 e. The van der Waals surface area contributed by atoms with Gasteiger partial charge in [0.05, 0.1) is 12.0 Å². The van der Waals surface area contributed by atoms with E-state index in [0.717, 1.165) is 6.42 Å². The van der Waals surface area contributed by atoms with Crippen LogP contribution in [-0.2, 0) is 19.0 Å². The standard InChI is InChI=1S/C13H27NO4/c1-7-13(2,3)12(15)18-9-8-17-11(16-6)10-14(4)5/h11H,7-10H2,1-6H3. The quantitative estimate of drug-likeness (QED) is 0.358. The molecule has 0 spiro atoms. The highest BCUT2D eigenvalue weighted by atomic mass is 16.7. The Labute approximate surface area is 110 Å². The maximum absolute atomic E-state index is 11.7. The third kappa shape index (κ3) is 6.93. The van der Waals surface area contributed by atoms with Gasteiger partial charge in [0.2, 0.25) is 0 Å². The van der Waals surface area contributed by atoms with E-state index in [1.54, 1.807) is 7.11 Å². The lowest BCUT2D eigenvalue weighted by Crippen LogP contribution is -2.32. The van der Waals surface area contributed by atoms with Crippen molar-refractivity contribution in [2.45, 2.75) is 33.5 Å². The van der Waals surface area contributed by atoms with E-state index in [1.165, 1.54) is 0 Å². The van der Waals surface area contributed by atoms with Crippen LogP contribution in [0.2, 0.25) is 0 Å². The van der Waals surface area contributed by atoms with Gasteiger partial charge in [-0.05, 0) is 34.4 Å². The van der Waals surface area contributed by atoms with Crippen molar-refractivity contribution >= 4 is 5.97 Å². The molecule has 5 heteroatoms. The van der Waals surface area contributed by atoms with Crippen LogP contribution in [0.5, 0.6) is 0 Å². The molecule has 0 aromatic rings. The van der Waals surface area contributed by atoms with Crippen LogP contribution in [0.4, 0.5) is 0 Å². The Hall–Kier alpha value is -0.650. The molecular formula is C13H27NO4. The number of ether oxygens (including phenoxy) is 3. The first-order valence-electron chi connectivity index (χ1n) is 6.29. The fraction of sp³-hybridized carbons (Fsp3) is 0.923. The van der Waals surface area contributed by atoms with Gasteiger partial charge >= 0.3 is 5.97 Å². The SMILES string of the molecule is CCC(C)(C)C(=O)OCCOC(CN(C)C)OC. The van der Waals surface area contributed by atoms with Crippen LogP contribution in [0.3, 0.4) is 0 Å². The molecule has 0 aliphatic rings. The number of carbonyl (C=O) groups is 1. The summed E-state index contributed by atoms with van der Waals surface area (Å²) in [6.45, 7) is 6.99. The fourth-order valence-electron chi connectivity index (χ4n) is 1.15. The molecule has 0 heterocycles. The monoisotopic (exact) mass is 261 g/mol. The average Bonchev–Trinajstić information content (AvgIpc) is 2.32. The summed E-state index contributed by atoms with van der Waals surface area (Å²) in [5, 5.41) is 0. The van der Waals surface area contributed by atoms with Crippen molar-refractivity contribution in [2.75, 3.05) is 41.0 Å². The van der Waals surface area contributed by atoms with Gasteiger partial charge in [0.1, 0.15) is 6.61 Å². The summed E-state index contributed by atoms with van der Waals surface area (Å²) in [6, 6.07) is 0. The average molecular weight is 261 g/mol. The van der Waals surface area contributed by atoms with Crippen molar-refractivity contribution in [3.63, 3.8) is 0 Å². The van der Waals surface area contributed by atoms with Crippen LogP contribution in [0, 0.1) is 5.41 Å². The van der Waals surface area contributed by atoms with Gasteiger partial charge in [-0.25, -0.2) is 0 Å². The fourth-order valence-corrected chi connectivity index (χ4v) is 1.15. The van der Waals surface area contributed by atoms with Gasteiger partial charge in [0.15, 0.2) is 6.29 Å².